The van der Waals surface area contributed by atoms with Crippen LogP contribution in [-0.4, -0.2) is 44.4 Å². The lowest BCUT2D eigenvalue weighted by Crippen LogP contribution is -2.33. The fraction of sp³-hybridized carbons (Fsp3) is 0.333. The van der Waals surface area contributed by atoms with Gasteiger partial charge in [0.05, 0.1) is 18.2 Å². The number of hydrogen-bond acceptors (Lipinski definition) is 5. The third kappa shape index (κ3) is 5.19. The summed E-state index contributed by atoms with van der Waals surface area (Å²) in [5.74, 6) is 0.991. The predicted octanol–water partition coefficient (Wildman–Crippen LogP) is 3.75. The Morgan fingerprint density at radius 3 is 2.77 bits per heavy atom. The summed E-state index contributed by atoms with van der Waals surface area (Å²) >= 11 is 4.78. The molecule has 0 saturated carbocycles. The fourth-order valence-corrected chi connectivity index (χ4v) is 3.48. The molecule has 0 radical (unpaired) electrons. The van der Waals surface area contributed by atoms with Crippen LogP contribution in [0.25, 0.3) is 11.4 Å². The zero-order valence-electron chi connectivity index (χ0n) is 14.6. The molecule has 0 spiro atoms. The maximum absolute atomic E-state index is 12.3. The van der Waals surface area contributed by atoms with E-state index < -0.39 is 0 Å². The number of amides is 1. The molecule has 0 fully saturated rings. The van der Waals surface area contributed by atoms with Crippen molar-refractivity contribution in [2.24, 2.45) is 0 Å². The number of halogens is 1. The van der Waals surface area contributed by atoms with Crippen molar-refractivity contribution in [2.45, 2.75) is 25.0 Å². The van der Waals surface area contributed by atoms with E-state index in [0.29, 0.717) is 31.2 Å². The summed E-state index contributed by atoms with van der Waals surface area (Å²) in [6.07, 6.45) is 2.12. The number of thioether (sulfide) groups is 1. The van der Waals surface area contributed by atoms with Gasteiger partial charge in [0, 0.05) is 29.7 Å². The summed E-state index contributed by atoms with van der Waals surface area (Å²) in [6.45, 7) is 7.30. The van der Waals surface area contributed by atoms with E-state index >= 15 is 0 Å². The molecule has 8 heteroatoms. The largest absolute Gasteiger partial charge is 0.341 e. The Morgan fingerprint density at radius 2 is 2.15 bits per heavy atom. The van der Waals surface area contributed by atoms with Gasteiger partial charge in [0.15, 0.2) is 11.0 Å². The number of aromatic nitrogens is 3. The zero-order chi connectivity index (χ0) is 18.9. The average Bonchev–Trinajstić information content (AvgIpc) is 3.04. The first kappa shape index (κ1) is 20.2. The maximum atomic E-state index is 12.3. The second-order valence-corrected chi connectivity index (χ2v) is 7.24. The van der Waals surface area contributed by atoms with Gasteiger partial charge in [0.1, 0.15) is 0 Å². The Kier molecular flexibility index (Phi) is 7.88. The Labute approximate surface area is 166 Å². The maximum Gasteiger partial charge on any atom is 0.233 e. The van der Waals surface area contributed by atoms with Crippen LogP contribution in [0, 0.1) is 11.3 Å². The number of nitriles is 1. The molecule has 0 unspecified atom stereocenters. The van der Waals surface area contributed by atoms with E-state index in [1.165, 1.54) is 11.8 Å². The lowest BCUT2D eigenvalue weighted by Gasteiger charge is -2.19. The normalized spacial score (nSPS) is 10.3. The molecule has 1 aromatic carbocycles. The van der Waals surface area contributed by atoms with Gasteiger partial charge >= 0.3 is 0 Å². The predicted molar refractivity (Wildman–Crippen MR) is 107 cm³/mol. The van der Waals surface area contributed by atoms with Crippen LogP contribution in [0.5, 0.6) is 0 Å². The molecule has 1 aromatic heterocycles. The van der Waals surface area contributed by atoms with Crippen molar-refractivity contribution < 1.29 is 4.79 Å². The van der Waals surface area contributed by atoms with Crippen LogP contribution in [0.4, 0.5) is 0 Å². The van der Waals surface area contributed by atoms with Crippen molar-refractivity contribution in [3.63, 3.8) is 0 Å². The smallest absolute Gasteiger partial charge is 0.233 e. The van der Waals surface area contributed by atoms with Crippen LogP contribution in [0.2, 0.25) is 0 Å². The first-order valence-corrected chi connectivity index (χ1v) is 9.96. The molecule has 0 saturated heterocycles. The fourth-order valence-electron chi connectivity index (χ4n) is 2.36. The van der Waals surface area contributed by atoms with Crippen molar-refractivity contribution in [2.75, 3.05) is 18.8 Å². The molecule has 2 rings (SSSR count). The van der Waals surface area contributed by atoms with Gasteiger partial charge in [0.25, 0.3) is 0 Å². The van der Waals surface area contributed by atoms with Gasteiger partial charge in [0.2, 0.25) is 5.91 Å². The summed E-state index contributed by atoms with van der Waals surface area (Å²) < 4.78 is 2.94. The van der Waals surface area contributed by atoms with E-state index in [2.05, 4.69) is 38.8 Å². The van der Waals surface area contributed by atoms with Crippen LogP contribution in [0.3, 0.4) is 0 Å². The molecular weight excluding hydrogens is 414 g/mol. The van der Waals surface area contributed by atoms with Crippen LogP contribution < -0.4 is 0 Å². The third-order valence-corrected chi connectivity index (χ3v) is 5.16. The highest BCUT2D eigenvalue weighted by Crippen LogP contribution is 2.25. The molecule has 2 aromatic rings. The van der Waals surface area contributed by atoms with Crippen molar-refractivity contribution in [1.29, 1.82) is 5.26 Å². The minimum absolute atomic E-state index is 0.00825. The molecule has 0 aliphatic heterocycles. The Bertz CT molecular complexity index is 797. The molecule has 1 heterocycles. The minimum Gasteiger partial charge on any atom is -0.341 e. The molecule has 26 heavy (non-hydrogen) atoms. The van der Waals surface area contributed by atoms with Gasteiger partial charge in [-0.1, -0.05) is 45.9 Å². The Hall–Kier alpha value is -2.11. The SMILES string of the molecule is C=CCn1c(SCC(=O)N(CC)CCC#N)nnc1-c1ccc(Br)cc1. The van der Waals surface area contributed by atoms with Crippen LogP contribution in [0.15, 0.2) is 46.5 Å². The molecule has 0 aliphatic rings. The van der Waals surface area contributed by atoms with Gasteiger partial charge in [-0.3, -0.25) is 9.36 Å². The van der Waals surface area contributed by atoms with E-state index in [1.807, 2.05) is 35.8 Å². The summed E-state index contributed by atoms with van der Waals surface area (Å²) in [5, 5.41) is 17.9. The second kappa shape index (κ2) is 10.1. The van der Waals surface area contributed by atoms with Crippen molar-refractivity contribution in [3.05, 3.63) is 41.4 Å². The van der Waals surface area contributed by atoms with Crippen molar-refractivity contribution >= 4 is 33.6 Å². The number of hydrogen-bond donors (Lipinski definition) is 0. The molecule has 0 aliphatic carbocycles. The number of nitrogens with zero attached hydrogens (tertiary/aromatic N) is 5. The lowest BCUT2D eigenvalue weighted by atomic mass is 10.2. The first-order chi connectivity index (χ1) is 12.6. The molecule has 1 amide bonds. The van der Waals surface area contributed by atoms with Crippen LogP contribution in [-0.2, 0) is 11.3 Å². The number of carbonyl (C=O) groups excluding carboxylic acids is 1. The summed E-state index contributed by atoms with van der Waals surface area (Å²) in [5.41, 5.74) is 0.949. The third-order valence-electron chi connectivity index (χ3n) is 3.68. The molecule has 0 bridgehead atoms. The molecule has 0 N–H and O–H groups in total. The van der Waals surface area contributed by atoms with Crippen molar-refractivity contribution in [3.8, 4) is 17.5 Å². The van der Waals surface area contributed by atoms with E-state index in [9.17, 15) is 4.79 Å². The first-order valence-electron chi connectivity index (χ1n) is 8.18. The highest BCUT2D eigenvalue weighted by molar-refractivity contribution is 9.10. The zero-order valence-corrected chi connectivity index (χ0v) is 17.0. The standard InChI is InChI=1S/C18H20BrN5OS/c1-3-11-24-17(14-6-8-15(19)9-7-14)21-22-18(24)26-13-16(25)23(4-2)12-5-10-20/h3,6-9H,1,4-5,11-13H2,2H3. The quantitative estimate of drug-likeness (QED) is 0.444. The molecule has 0 atom stereocenters. The van der Waals surface area contributed by atoms with Crippen LogP contribution in [0.1, 0.15) is 13.3 Å². The molecule has 136 valence electrons. The number of carbonyl (C=O) groups is 1. The highest BCUT2D eigenvalue weighted by atomic mass is 79.9. The number of benzene rings is 1. The van der Waals surface area contributed by atoms with E-state index in [0.717, 1.165) is 15.9 Å². The van der Waals surface area contributed by atoms with Gasteiger partial charge in [-0.05, 0) is 19.1 Å². The summed E-state index contributed by atoms with van der Waals surface area (Å²) in [7, 11) is 0. The van der Waals surface area contributed by atoms with Crippen molar-refractivity contribution in [1.82, 2.24) is 19.7 Å². The monoisotopic (exact) mass is 433 g/mol. The second-order valence-electron chi connectivity index (χ2n) is 5.38. The lowest BCUT2D eigenvalue weighted by molar-refractivity contribution is -0.128. The number of allylic oxidation sites excluding steroid dienone is 1. The topological polar surface area (TPSA) is 74.8 Å². The van der Waals surface area contributed by atoms with Gasteiger partial charge < -0.3 is 4.90 Å². The molecule has 6 nitrogen and oxygen atoms in total. The van der Waals surface area contributed by atoms with Gasteiger partial charge in [-0.15, -0.1) is 16.8 Å². The Morgan fingerprint density at radius 1 is 1.42 bits per heavy atom. The summed E-state index contributed by atoms with van der Waals surface area (Å²) in [6, 6.07) is 9.91. The van der Waals surface area contributed by atoms with Gasteiger partial charge in [-0.2, -0.15) is 5.26 Å². The minimum atomic E-state index is -0.00825. The molecular formula is C18H20BrN5OS. The Balaban J connectivity index is 2.14. The van der Waals surface area contributed by atoms with E-state index in [-0.39, 0.29) is 11.7 Å². The van der Waals surface area contributed by atoms with Crippen LogP contribution >= 0.6 is 27.7 Å². The van der Waals surface area contributed by atoms with E-state index in [4.69, 9.17) is 5.26 Å². The highest BCUT2D eigenvalue weighted by Gasteiger charge is 2.17. The van der Waals surface area contributed by atoms with Gasteiger partial charge in [-0.25, -0.2) is 0 Å². The average molecular weight is 434 g/mol. The van der Waals surface area contributed by atoms with E-state index in [1.54, 1.807) is 11.0 Å². The number of rotatable bonds is 9. The summed E-state index contributed by atoms with van der Waals surface area (Å²) in [4.78, 5) is 14.0.